The van der Waals surface area contributed by atoms with Crippen LogP contribution in [0.5, 0.6) is 0 Å². The first kappa shape index (κ1) is 26.0. The monoisotopic (exact) mass is 522 g/mol. The molecule has 5 rings (SSSR count). The van der Waals surface area contributed by atoms with Gasteiger partial charge in [-0.2, -0.15) is 0 Å². The average Bonchev–Trinajstić information content (AvgIpc) is 2.92. The number of rotatable bonds is 6. The lowest BCUT2D eigenvalue weighted by atomic mass is 9.96. The van der Waals surface area contributed by atoms with Crippen LogP contribution in [0.4, 0.5) is 0 Å². The van der Waals surface area contributed by atoms with Crippen LogP contribution in [0.25, 0.3) is 0 Å². The fourth-order valence-electron chi connectivity index (χ4n) is 4.58. The van der Waals surface area contributed by atoms with Crippen LogP contribution >= 0.6 is 11.8 Å². The smallest absolute Gasteiger partial charge is 0.187 e. The number of fused-ring (bicyclic) bond motifs is 1. The third kappa shape index (κ3) is 5.33. The molecule has 10 nitrogen and oxygen atoms in total. The molecule has 0 bridgehead atoms. The highest BCUT2D eigenvalue weighted by Crippen LogP contribution is 2.38. The molecule has 5 N–H and O–H groups in total. The Morgan fingerprint density at radius 2 is 1.50 bits per heavy atom. The zero-order chi connectivity index (χ0) is 25.2. The molecule has 0 unspecified atom stereocenters. The van der Waals surface area contributed by atoms with E-state index in [1.165, 1.54) is 11.8 Å². The number of aliphatic hydroxyl groups excluding tert-OH is 5. The third-order valence-corrected chi connectivity index (χ3v) is 7.68. The summed E-state index contributed by atoms with van der Waals surface area (Å²) < 4.78 is 29.1. The lowest BCUT2D eigenvalue weighted by Crippen LogP contribution is -2.65. The Bertz CT molecular complexity index is 964. The molecule has 0 spiro atoms. The van der Waals surface area contributed by atoms with Gasteiger partial charge in [0, 0.05) is 10.5 Å². The van der Waals surface area contributed by atoms with Gasteiger partial charge in [0.05, 0.1) is 13.2 Å². The summed E-state index contributed by atoms with van der Waals surface area (Å²) in [6.07, 6.45) is -11.7. The van der Waals surface area contributed by atoms with Gasteiger partial charge in [0.2, 0.25) is 0 Å². The molecule has 3 saturated heterocycles. The van der Waals surface area contributed by atoms with Gasteiger partial charge in [-0.15, -0.1) is 0 Å². The van der Waals surface area contributed by atoms with Crippen molar-refractivity contribution < 1.29 is 49.2 Å². The van der Waals surface area contributed by atoms with E-state index in [4.69, 9.17) is 23.7 Å². The molecule has 36 heavy (non-hydrogen) atoms. The van der Waals surface area contributed by atoms with Gasteiger partial charge in [-0.1, -0.05) is 60.3 Å². The molecule has 0 saturated carbocycles. The van der Waals surface area contributed by atoms with E-state index in [9.17, 15) is 25.5 Å². The second-order valence-electron chi connectivity index (χ2n) is 8.94. The molecule has 2 aromatic carbocycles. The van der Waals surface area contributed by atoms with E-state index < -0.39 is 73.5 Å². The van der Waals surface area contributed by atoms with Crippen molar-refractivity contribution in [1.82, 2.24) is 0 Å². The fraction of sp³-hybridized carbons (Fsp3) is 0.520. The SMILES string of the molecule is OC[C@H]1O[C@@H](Sc2ccccc2)[C@H](O)[C@@H](O)[C@@H]1O[C@@H]1O[C@@H]2CO[C@@H](c3ccccc3)O[C@H]2[C@H](O)[C@H]1O. The van der Waals surface area contributed by atoms with E-state index >= 15 is 0 Å². The predicted molar refractivity (Wildman–Crippen MR) is 126 cm³/mol. The summed E-state index contributed by atoms with van der Waals surface area (Å²) in [6, 6.07) is 18.4. The molecular weight excluding hydrogens is 492 g/mol. The van der Waals surface area contributed by atoms with E-state index in [1.54, 1.807) is 0 Å². The first-order valence-electron chi connectivity index (χ1n) is 11.8. The first-order valence-corrected chi connectivity index (χ1v) is 12.7. The van der Waals surface area contributed by atoms with E-state index in [0.717, 1.165) is 10.5 Å². The Morgan fingerprint density at radius 1 is 0.806 bits per heavy atom. The lowest BCUT2D eigenvalue weighted by molar-refractivity contribution is -0.377. The summed E-state index contributed by atoms with van der Waals surface area (Å²) in [5.41, 5.74) is -0.0946. The van der Waals surface area contributed by atoms with Crippen LogP contribution in [0, 0.1) is 0 Å². The van der Waals surface area contributed by atoms with E-state index in [2.05, 4.69) is 0 Å². The molecule has 0 amide bonds. The standard InChI is InChI=1S/C25H30O10S/c26-11-15-21(18(28)20(30)25(33-15)36-14-9-5-2-6-10-14)35-24-19(29)17(27)22-16(32-24)12-31-23(34-22)13-7-3-1-4-8-13/h1-10,15-30H,11-12H2/t15-,16-,17-,18-,19-,20-,21-,22-,23-,24+,25+/m1/s1. The van der Waals surface area contributed by atoms with Crippen LogP contribution in [0.3, 0.4) is 0 Å². The number of hydrogen-bond donors (Lipinski definition) is 5. The van der Waals surface area contributed by atoms with Crippen LogP contribution in [-0.2, 0) is 23.7 Å². The molecule has 3 aliphatic rings. The second kappa shape index (κ2) is 11.4. The van der Waals surface area contributed by atoms with E-state index in [1.807, 2.05) is 60.7 Å². The molecule has 3 aliphatic heterocycles. The number of hydrogen-bond acceptors (Lipinski definition) is 11. The third-order valence-electron chi connectivity index (χ3n) is 6.51. The summed E-state index contributed by atoms with van der Waals surface area (Å²) >= 11 is 1.21. The molecule has 0 radical (unpaired) electrons. The quantitative estimate of drug-likeness (QED) is 0.354. The van der Waals surface area contributed by atoms with Crippen molar-refractivity contribution in [3.63, 3.8) is 0 Å². The normalized spacial score (nSPS) is 41.0. The van der Waals surface area contributed by atoms with Crippen LogP contribution in [0.15, 0.2) is 65.6 Å². The van der Waals surface area contributed by atoms with E-state index in [-0.39, 0.29) is 6.61 Å². The molecule has 2 aromatic rings. The molecule has 11 heteroatoms. The molecule has 0 aliphatic carbocycles. The fourth-order valence-corrected chi connectivity index (χ4v) is 5.66. The summed E-state index contributed by atoms with van der Waals surface area (Å²) in [4.78, 5) is 0.816. The number of aliphatic hydroxyl groups is 5. The summed E-state index contributed by atoms with van der Waals surface area (Å²) in [5.74, 6) is 0. The predicted octanol–water partition coefficient (Wildman–Crippen LogP) is 0.164. The first-order chi connectivity index (χ1) is 17.5. The minimum absolute atomic E-state index is 0.0689. The minimum Gasteiger partial charge on any atom is -0.394 e. The summed E-state index contributed by atoms with van der Waals surface area (Å²) in [5, 5.41) is 53.0. The van der Waals surface area contributed by atoms with Gasteiger partial charge >= 0.3 is 0 Å². The molecule has 3 fully saturated rings. The molecule has 196 valence electrons. The highest BCUT2D eigenvalue weighted by molar-refractivity contribution is 7.99. The Balaban J connectivity index is 1.24. The molecule has 0 aromatic heterocycles. The summed E-state index contributed by atoms with van der Waals surface area (Å²) in [7, 11) is 0. The van der Waals surface area contributed by atoms with Gasteiger partial charge in [-0.3, -0.25) is 0 Å². The van der Waals surface area contributed by atoms with Gasteiger partial charge in [0.25, 0.3) is 0 Å². The van der Waals surface area contributed by atoms with Crippen molar-refractivity contribution in [3.05, 3.63) is 66.2 Å². The maximum absolute atomic E-state index is 10.8. The van der Waals surface area contributed by atoms with Gasteiger partial charge in [0.15, 0.2) is 12.6 Å². The van der Waals surface area contributed by atoms with Crippen LogP contribution in [0.1, 0.15) is 11.9 Å². The van der Waals surface area contributed by atoms with Crippen molar-refractivity contribution in [3.8, 4) is 0 Å². The number of ether oxygens (including phenoxy) is 5. The molecule has 11 atom stereocenters. The number of benzene rings is 2. The minimum atomic E-state index is -1.53. The summed E-state index contributed by atoms with van der Waals surface area (Å²) in [6.45, 7) is -0.442. The van der Waals surface area contributed by atoms with Crippen molar-refractivity contribution in [1.29, 1.82) is 0 Å². The molecular formula is C25H30O10S. The Kier molecular flexibility index (Phi) is 8.25. The van der Waals surface area contributed by atoms with Crippen molar-refractivity contribution in [2.45, 2.75) is 71.7 Å². The zero-order valence-corrected chi connectivity index (χ0v) is 20.0. The van der Waals surface area contributed by atoms with Crippen LogP contribution < -0.4 is 0 Å². The topological polar surface area (TPSA) is 147 Å². The highest BCUT2D eigenvalue weighted by atomic mass is 32.2. The van der Waals surface area contributed by atoms with Crippen LogP contribution in [-0.4, -0.2) is 99.3 Å². The lowest BCUT2D eigenvalue weighted by Gasteiger charge is -2.48. The van der Waals surface area contributed by atoms with Gasteiger partial charge in [0.1, 0.15) is 54.3 Å². The van der Waals surface area contributed by atoms with Gasteiger partial charge < -0.3 is 49.2 Å². The largest absolute Gasteiger partial charge is 0.394 e. The Labute approximate surface area is 212 Å². The zero-order valence-electron chi connectivity index (χ0n) is 19.2. The van der Waals surface area contributed by atoms with E-state index in [0.29, 0.717) is 0 Å². The Morgan fingerprint density at radius 3 is 2.19 bits per heavy atom. The van der Waals surface area contributed by atoms with Crippen molar-refractivity contribution in [2.24, 2.45) is 0 Å². The van der Waals surface area contributed by atoms with Gasteiger partial charge in [-0.05, 0) is 12.1 Å². The average molecular weight is 523 g/mol. The maximum Gasteiger partial charge on any atom is 0.187 e. The van der Waals surface area contributed by atoms with Crippen LogP contribution in [0.2, 0.25) is 0 Å². The Hall–Kier alpha value is -1.61. The number of thioether (sulfide) groups is 1. The van der Waals surface area contributed by atoms with Gasteiger partial charge in [-0.25, -0.2) is 0 Å². The maximum atomic E-state index is 10.8. The van der Waals surface area contributed by atoms with Crippen molar-refractivity contribution >= 4 is 11.8 Å². The molecule has 3 heterocycles. The second-order valence-corrected chi connectivity index (χ2v) is 10.1. The highest BCUT2D eigenvalue weighted by Gasteiger charge is 2.52. The van der Waals surface area contributed by atoms with Crippen molar-refractivity contribution in [2.75, 3.05) is 13.2 Å².